The smallest absolute Gasteiger partial charge is 0.265 e. The number of aromatic nitrogens is 2. The van der Waals surface area contributed by atoms with Crippen molar-refractivity contribution in [2.75, 3.05) is 0 Å². The number of halogens is 12. The third kappa shape index (κ3) is 3.03. The van der Waals surface area contributed by atoms with Crippen molar-refractivity contribution in [2.24, 2.45) is 0 Å². The fraction of sp³-hybridized carbons (Fsp3) is 0.667. The van der Waals surface area contributed by atoms with Crippen molar-refractivity contribution < 1.29 is 57.5 Å². The van der Waals surface area contributed by atoms with Crippen LogP contribution in [0.2, 0.25) is 0 Å². The molecule has 156 valence electrons. The fourth-order valence-corrected chi connectivity index (χ4v) is 1.84. The van der Waals surface area contributed by atoms with Crippen LogP contribution in [0.3, 0.4) is 0 Å². The van der Waals surface area contributed by atoms with E-state index in [1.807, 2.05) is 0 Å². The van der Waals surface area contributed by atoms with Crippen LogP contribution in [0.15, 0.2) is 6.07 Å². The van der Waals surface area contributed by atoms with Crippen LogP contribution in [-0.4, -0.2) is 51.7 Å². The second-order valence-electron chi connectivity index (χ2n) is 5.37. The summed E-state index contributed by atoms with van der Waals surface area (Å²) in [4.78, 5) is 11.5. The maximum absolute atomic E-state index is 13.7. The Hall–Kier alpha value is -1.96. The molecule has 0 atom stereocenters. The average Bonchev–Trinajstić information content (AvgIpc) is 2.83. The van der Waals surface area contributed by atoms with Crippen LogP contribution >= 0.6 is 0 Å². The van der Waals surface area contributed by atoms with Crippen molar-refractivity contribution in [2.45, 2.75) is 49.9 Å². The van der Waals surface area contributed by atoms with Crippen molar-refractivity contribution >= 4 is 5.91 Å². The summed E-state index contributed by atoms with van der Waals surface area (Å²) in [5, 5.41) is 2.96. The highest BCUT2D eigenvalue weighted by atomic mass is 19.4. The fourth-order valence-electron chi connectivity index (χ4n) is 1.84. The Bertz CT molecular complexity index is 724. The summed E-state index contributed by atoms with van der Waals surface area (Å²) in [7, 11) is 0. The molecule has 15 heteroatoms. The van der Waals surface area contributed by atoms with Crippen LogP contribution in [0.25, 0.3) is 0 Å². The Morgan fingerprint density at radius 3 is 1.67 bits per heavy atom. The third-order valence-corrected chi connectivity index (χ3v) is 3.35. The minimum absolute atomic E-state index is 0.249. The number of aryl methyl sites for hydroxylation is 2. The predicted octanol–water partition coefficient (Wildman–Crippen LogP) is 4.58. The van der Waals surface area contributed by atoms with E-state index in [9.17, 15) is 57.5 Å². The van der Waals surface area contributed by atoms with Gasteiger partial charge >= 0.3 is 41.9 Å². The van der Waals surface area contributed by atoms with E-state index in [0.29, 0.717) is 0 Å². The highest BCUT2D eigenvalue weighted by Crippen LogP contribution is 2.58. The molecule has 0 spiro atoms. The van der Waals surface area contributed by atoms with Crippen LogP contribution in [0, 0.1) is 13.8 Å². The summed E-state index contributed by atoms with van der Waals surface area (Å²) >= 11 is 0. The van der Waals surface area contributed by atoms with Crippen molar-refractivity contribution in [3.8, 4) is 0 Å². The van der Waals surface area contributed by atoms with Gasteiger partial charge in [0.15, 0.2) is 0 Å². The second kappa shape index (κ2) is 6.29. The minimum atomic E-state index is -7.75. The molecule has 0 N–H and O–H groups in total. The van der Waals surface area contributed by atoms with Gasteiger partial charge in [0.05, 0.1) is 5.69 Å². The number of rotatable bonds is 6. The van der Waals surface area contributed by atoms with Crippen LogP contribution in [0.1, 0.15) is 16.2 Å². The molecule has 0 aliphatic rings. The quantitative estimate of drug-likeness (QED) is 0.627. The lowest BCUT2D eigenvalue weighted by atomic mass is 9.94. The van der Waals surface area contributed by atoms with E-state index in [2.05, 4.69) is 5.10 Å². The van der Waals surface area contributed by atoms with Gasteiger partial charge in [0.1, 0.15) is 0 Å². The van der Waals surface area contributed by atoms with Gasteiger partial charge in [-0.1, -0.05) is 0 Å². The molecule has 0 radical (unpaired) electrons. The van der Waals surface area contributed by atoms with Crippen LogP contribution in [0.4, 0.5) is 52.7 Å². The molecule has 1 aromatic heterocycles. The summed E-state index contributed by atoms with van der Waals surface area (Å²) in [5.74, 6) is -40.0. The number of carbonyl (C=O) groups excluding carboxylic acids is 1. The average molecular weight is 424 g/mol. The Balaban J connectivity index is 3.53. The molecule has 0 saturated carbocycles. The molecule has 0 aliphatic heterocycles. The topological polar surface area (TPSA) is 34.9 Å². The number of alkyl halides is 12. The molecule has 0 unspecified atom stereocenters. The Morgan fingerprint density at radius 2 is 1.33 bits per heavy atom. The summed E-state index contributed by atoms with van der Waals surface area (Å²) in [6.07, 6.45) is -5.60. The molecule has 0 aliphatic carbocycles. The zero-order valence-electron chi connectivity index (χ0n) is 13.0. The predicted molar refractivity (Wildman–Crippen MR) is 63.1 cm³/mol. The van der Waals surface area contributed by atoms with Gasteiger partial charge < -0.3 is 0 Å². The number of hydrogen-bond acceptors (Lipinski definition) is 2. The standard InChI is InChI=1S/C12H8F12N2O/c1-4-3-5(2)26(25-4)7(27)9(17,18)11(21,22)12(23,24)10(19,20)8(15,16)6(13)14/h3,6H,1-2H3. The maximum atomic E-state index is 13.7. The van der Waals surface area contributed by atoms with Crippen LogP contribution in [0.5, 0.6) is 0 Å². The number of carbonyl (C=O) groups is 1. The molecule has 0 bridgehead atoms. The van der Waals surface area contributed by atoms with Crippen molar-refractivity contribution in [3.05, 3.63) is 17.5 Å². The number of nitrogens with zero attached hydrogens (tertiary/aromatic N) is 2. The molecule has 1 aromatic rings. The first-order chi connectivity index (χ1) is 11.8. The molecule has 0 amide bonds. The molecular weight excluding hydrogens is 416 g/mol. The van der Waals surface area contributed by atoms with Gasteiger partial charge in [-0.15, -0.1) is 0 Å². The van der Waals surface area contributed by atoms with E-state index in [4.69, 9.17) is 0 Å². The van der Waals surface area contributed by atoms with E-state index in [0.717, 1.165) is 19.9 Å². The maximum Gasteiger partial charge on any atom is 0.395 e. The first-order valence-electron chi connectivity index (χ1n) is 6.52. The third-order valence-electron chi connectivity index (χ3n) is 3.35. The summed E-state index contributed by atoms with van der Waals surface area (Å²) < 4.78 is 156. The first kappa shape index (κ1) is 23.1. The van der Waals surface area contributed by atoms with E-state index >= 15 is 0 Å². The van der Waals surface area contributed by atoms with Gasteiger partial charge in [0.25, 0.3) is 0 Å². The van der Waals surface area contributed by atoms with Crippen molar-refractivity contribution in [1.29, 1.82) is 0 Å². The van der Waals surface area contributed by atoms with E-state index in [-0.39, 0.29) is 5.69 Å². The summed E-state index contributed by atoms with van der Waals surface area (Å²) in [6.45, 7) is 1.88. The van der Waals surface area contributed by atoms with Gasteiger partial charge in [-0.25, -0.2) is 8.78 Å². The molecule has 0 saturated heterocycles. The zero-order chi connectivity index (χ0) is 21.8. The SMILES string of the molecule is Cc1cc(C)n(C(=O)C(F)(F)C(F)(F)C(F)(F)C(F)(F)C(F)(F)C(F)F)n1. The summed E-state index contributed by atoms with van der Waals surface area (Å²) in [6, 6.07) is 0.837. The zero-order valence-corrected chi connectivity index (χ0v) is 13.0. The monoisotopic (exact) mass is 424 g/mol. The van der Waals surface area contributed by atoms with E-state index in [1.54, 1.807) is 0 Å². The second-order valence-corrected chi connectivity index (χ2v) is 5.37. The Labute approximate surface area is 141 Å². The van der Waals surface area contributed by atoms with E-state index < -0.39 is 52.3 Å². The Morgan fingerprint density at radius 1 is 0.889 bits per heavy atom. The lowest BCUT2D eigenvalue weighted by molar-refractivity contribution is -0.405. The molecule has 0 aromatic carbocycles. The lowest BCUT2D eigenvalue weighted by Gasteiger charge is -2.38. The van der Waals surface area contributed by atoms with Gasteiger partial charge in [0, 0.05) is 5.69 Å². The lowest BCUT2D eigenvalue weighted by Crippen LogP contribution is -2.70. The highest BCUT2D eigenvalue weighted by Gasteiger charge is 2.89. The molecular formula is C12H8F12N2O. The molecule has 1 rings (SSSR count). The van der Waals surface area contributed by atoms with E-state index in [1.165, 1.54) is 0 Å². The molecule has 1 heterocycles. The summed E-state index contributed by atoms with van der Waals surface area (Å²) in [5.41, 5.74) is -0.859. The Kier molecular flexibility index (Phi) is 5.38. The van der Waals surface area contributed by atoms with Crippen LogP contribution < -0.4 is 0 Å². The normalized spacial score (nSPS) is 14.8. The van der Waals surface area contributed by atoms with Gasteiger partial charge in [0.2, 0.25) is 0 Å². The van der Waals surface area contributed by atoms with Crippen molar-refractivity contribution in [1.82, 2.24) is 9.78 Å². The molecule has 27 heavy (non-hydrogen) atoms. The van der Waals surface area contributed by atoms with Gasteiger partial charge in [-0.05, 0) is 19.9 Å². The minimum Gasteiger partial charge on any atom is -0.265 e. The van der Waals surface area contributed by atoms with Gasteiger partial charge in [-0.2, -0.15) is 53.7 Å². The number of hydrogen-bond donors (Lipinski definition) is 0. The van der Waals surface area contributed by atoms with Crippen LogP contribution in [-0.2, 0) is 0 Å². The largest absolute Gasteiger partial charge is 0.395 e. The highest BCUT2D eigenvalue weighted by molar-refractivity contribution is 5.87. The molecule has 3 nitrogen and oxygen atoms in total. The first-order valence-corrected chi connectivity index (χ1v) is 6.52. The van der Waals surface area contributed by atoms with Gasteiger partial charge in [-0.3, -0.25) is 4.79 Å². The van der Waals surface area contributed by atoms with Crippen molar-refractivity contribution in [3.63, 3.8) is 0 Å². The molecule has 0 fully saturated rings.